The van der Waals surface area contributed by atoms with E-state index in [0.29, 0.717) is 23.3 Å². The number of esters is 1. The zero-order valence-corrected chi connectivity index (χ0v) is 19.4. The predicted molar refractivity (Wildman–Crippen MR) is 123 cm³/mol. The van der Waals surface area contributed by atoms with Crippen LogP contribution in [0, 0.1) is 11.7 Å². The van der Waals surface area contributed by atoms with Crippen LogP contribution in [0.25, 0.3) is 0 Å². The number of hydrogen-bond acceptors (Lipinski definition) is 5. The van der Waals surface area contributed by atoms with E-state index in [-0.39, 0.29) is 35.9 Å². The highest BCUT2D eigenvalue weighted by atomic mass is 19.1. The summed E-state index contributed by atoms with van der Waals surface area (Å²) in [5.41, 5.74) is 1.36. The number of nitrogens with one attached hydrogen (secondary N) is 1. The van der Waals surface area contributed by atoms with Gasteiger partial charge in [-0.25, -0.2) is 9.18 Å². The molecule has 0 aromatic heterocycles. The van der Waals surface area contributed by atoms with Crippen LogP contribution in [0.15, 0.2) is 42.5 Å². The summed E-state index contributed by atoms with van der Waals surface area (Å²) in [7, 11) is 2.76. The minimum Gasteiger partial charge on any atom is -0.496 e. The van der Waals surface area contributed by atoms with Crippen molar-refractivity contribution < 1.29 is 28.2 Å². The van der Waals surface area contributed by atoms with E-state index >= 15 is 0 Å². The van der Waals surface area contributed by atoms with Crippen molar-refractivity contribution in [1.29, 1.82) is 0 Å². The summed E-state index contributed by atoms with van der Waals surface area (Å²) >= 11 is 0. The van der Waals surface area contributed by atoms with Crippen molar-refractivity contribution in [2.24, 2.45) is 5.92 Å². The summed E-state index contributed by atoms with van der Waals surface area (Å²) in [6.45, 7) is 0.192. The number of nitrogens with zero attached hydrogens (tertiary/aromatic N) is 1. The quantitative estimate of drug-likeness (QED) is 0.654. The molecule has 4 rings (SSSR count). The average molecular weight is 469 g/mol. The van der Waals surface area contributed by atoms with Gasteiger partial charge >= 0.3 is 5.97 Å². The van der Waals surface area contributed by atoms with Crippen molar-refractivity contribution in [2.45, 2.75) is 50.7 Å². The first-order valence-electron chi connectivity index (χ1n) is 11.5. The Kier molecular flexibility index (Phi) is 7.14. The molecule has 2 aromatic rings. The summed E-state index contributed by atoms with van der Waals surface area (Å²) in [4.78, 5) is 40.4. The molecule has 3 atom stereocenters. The van der Waals surface area contributed by atoms with Gasteiger partial charge in [0.05, 0.1) is 14.2 Å². The average Bonchev–Trinajstić information content (AvgIpc) is 3.26. The topological polar surface area (TPSA) is 84.9 Å². The molecule has 1 aliphatic heterocycles. The van der Waals surface area contributed by atoms with Gasteiger partial charge in [0.2, 0.25) is 5.91 Å². The second-order valence-electron chi connectivity index (χ2n) is 8.83. The molecule has 34 heavy (non-hydrogen) atoms. The molecule has 180 valence electrons. The van der Waals surface area contributed by atoms with Gasteiger partial charge in [-0.3, -0.25) is 9.59 Å². The zero-order valence-electron chi connectivity index (χ0n) is 19.4. The van der Waals surface area contributed by atoms with Gasteiger partial charge in [0.25, 0.3) is 5.91 Å². The highest BCUT2D eigenvalue weighted by molar-refractivity contribution is 5.98. The van der Waals surface area contributed by atoms with E-state index in [1.807, 2.05) is 0 Å². The van der Waals surface area contributed by atoms with Crippen molar-refractivity contribution in [2.75, 3.05) is 14.2 Å². The first kappa shape index (κ1) is 23.7. The molecule has 8 heteroatoms. The van der Waals surface area contributed by atoms with Crippen LogP contribution in [-0.4, -0.2) is 49.0 Å². The molecular formula is C26H29FN2O5. The van der Waals surface area contributed by atoms with Crippen molar-refractivity contribution in [3.8, 4) is 5.75 Å². The Morgan fingerprint density at radius 2 is 1.79 bits per heavy atom. The van der Waals surface area contributed by atoms with E-state index in [1.165, 1.54) is 38.5 Å². The van der Waals surface area contributed by atoms with E-state index < -0.39 is 17.8 Å². The van der Waals surface area contributed by atoms with Crippen molar-refractivity contribution in [1.82, 2.24) is 10.2 Å². The maximum atomic E-state index is 13.4. The molecule has 1 heterocycles. The Labute approximate surface area is 198 Å². The lowest BCUT2D eigenvalue weighted by atomic mass is 9.84. The number of methoxy groups -OCH3 is 2. The van der Waals surface area contributed by atoms with E-state index in [1.54, 1.807) is 23.1 Å². The first-order valence-corrected chi connectivity index (χ1v) is 11.5. The van der Waals surface area contributed by atoms with E-state index in [4.69, 9.17) is 9.47 Å². The summed E-state index contributed by atoms with van der Waals surface area (Å²) in [5.74, 6) is -0.750. The highest BCUT2D eigenvalue weighted by Gasteiger charge is 2.47. The van der Waals surface area contributed by atoms with Crippen LogP contribution >= 0.6 is 0 Å². The molecule has 2 fully saturated rings. The van der Waals surface area contributed by atoms with E-state index in [2.05, 4.69) is 5.32 Å². The number of fused-ring (bicyclic) bond motifs is 1. The third-order valence-electron chi connectivity index (χ3n) is 6.85. The van der Waals surface area contributed by atoms with Gasteiger partial charge in [-0.15, -0.1) is 0 Å². The molecule has 1 aliphatic carbocycles. The van der Waals surface area contributed by atoms with Crippen LogP contribution in [-0.2, 0) is 16.1 Å². The fourth-order valence-corrected chi connectivity index (χ4v) is 5.17. The van der Waals surface area contributed by atoms with Gasteiger partial charge in [-0.05, 0) is 67.1 Å². The van der Waals surface area contributed by atoms with Crippen LogP contribution in [0.4, 0.5) is 4.39 Å². The number of halogens is 1. The number of ether oxygens (including phenoxy) is 2. The SMILES string of the molecule is COC(=O)c1cc(CNC(=O)[C@@H]2C[C@@H]3CCCC[C@@H]3N2C(=O)c2ccc(F)cc2)ccc1OC. The predicted octanol–water partition coefficient (Wildman–Crippen LogP) is 3.71. The second kappa shape index (κ2) is 10.2. The maximum absolute atomic E-state index is 13.4. The fraction of sp³-hybridized carbons (Fsp3) is 0.423. The number of rotatable bonds is 6. The fourth-order valence-electron chi connectivity index (χ4n) is 5.17. The van der Waals surface area contributed by atoms with Crippen molar-refractivity contribution in [3.63, 3.8) is 0 Å². The molecule has 2 aromatic carbocycles. The lowest BCUT2D eigenvalue weighted by Gasteiger charge is -2.33. The van der Waals surface area contributed by atoms with E-state index in [0.717, 1.165) is 25.7 Å². The van der Waals surface area contributed by atoms with Crippen LogP contribution < -0.4 is 10.1 Å². The summed E-state index contributed by atoms with van der Waals surface area (Å²) in [5, 5.41) is 2.93. The van der Waals surface area contributed by atoms with Crippen LogP contribution in [0.1, 0.15) is 58.4 Å². The number of carbonyl (C=O) groups excluding carboxylic acids is 3. The van der Waals surface area contributed by atoms with Gasteiger partial charge in [0.1, 0.15) is 23.2 Å². The van der Waals surface area contributed by atoms with Crippen molar-refractivity contribution in [3.05, 3.63) is 65.0 Å². The summed E-state index contributed by atoms with van der Waals surface area (Å²) < 4.78 is 23.4. The maximum Gasteiger partial charge on any atom is 0.341 e. The molecule has 0 bridgehead atoms. The van der Waals surface area contributed by atoms with Gasteiger partial charge in [0.15, 0.2) is 0 Å². The van der Waals surface area contributed by atoms with Crippen molar-refractivity contribution >= 4 is 17.8 Å². The van der Waals surface area contributed by atoms with Gasteiger partial charge < -0.3 is 19.7 Å². The smallest absolute Gasteiger partial charge is 0.341 e. The number of amides is 2. The molecule has 2 amide bonds. The second-order valence-corrected chi connectivity index (χ2v) is 8.83. The molecule has 1 saturated carbocycles. The van der Waals surface area contributed by atoms with Gasteiger partial charge in [-0.1, -0.05) is 18.9 Å². The standard InChI is InChI=1S/C26H29FN2O5/c1-33-23-12-7-16(13-20(23)26(32)34-2)15-28-24(30)22-14-18-5-3-4-6-21(18)29(22)25(31)17-8-10-19(27)11-9-17/h7-13,18,21-22H,3-6,14-15H2,1-2H3,(H,28,30)/t18-,21-,22-/m0/s1. The third-order valence-corrected chi connectivity index (χ3v) is 6.85. The molecule has 0 unspecified atom stereocenters. The Bertz CT molecular complexity index is 1070. The Hall–Kier alpha value is -3.42. The number of likely N-dealkylation sites (tertiary alicyclic amines) is 1. The number of benzene rings is 2. The highest BCUT2D eigenvalue weighted by Crippen LogP contribution is 2.40. The number of carbonyl (C=O) groups is 3. The Balaban J connectivity index is 1.52. The Morgan fingerprint density at radius 3 is 2.50 bits per heavy atom. The normalized spacial score (nSPS) is 21.5. The third kappa shape index (κ3) is 4.76. The minimum atomic E-state index is -0.594. The van der Waals surface area contributed by atoms with Gasteiger partial charge in [-0.2, -0.15) is 0 Å². The zero-order chi connectivity index (χ0) is 24.2. The van der Waals surface area contributed by atoms with Gasteiger partial charge in [0, 0.05) is 18.2 Å². The number of hydrogen-bond donors (Lipinski definition) is 1. The van der Waals surface area contributed by atoms with Crippen LogP contribution in [0.2, 0.25) is 0 Å². The molecule has 1 saturated heterocycles. The molecule has 2 aliphatic rings. The minimum absolute atomic E-state index is 0.00830. The monoisotopic (exact) mass is 468 g/mol. The van der Waals surface area contributed by atoms with Crippen LogP contribution in [0.3, 0.4) is 0 Å². The molecular weight excluding hydrogens is 439 g/mol. The summed E-state index contributed by atoms with van der Waals surface area (Å²) in [6, 6.07) is 9.92. The van der Waals surface area contributed by atoms with E-state index in [9.17, 15) is 18.8 Å². The molecule has 0 radical (unpaired) electrons. The largest absolute Gasteiger partial charge is 0.496 e. The summed E-state index contributed by atoms with van der Waals surface area (Å²) in [6.07, 6.45) is 4.57. The molecule has 1 N–H and O–H groups in total. The van der Waals surface area contributed by atoms with Crippen LogP contribution in [0.5, 0.6) is 5.75 Å². The lowest BCUT2D eigenvalue weighted by Crippen LogP contribution is -2.49. The molecule has 0 spiro atoms. The lowest BCUT2D eigenvalue weighted by molar-refractivity contribution is -0.125. The Morgan fingerprint density at radius 1 is 1.06 bits per heavy atom. The molecule has 7 nitrogen and oxygen atoms in total. The first-order chi connectivity index (χ1) is 16.4.